The van der Waals surface area contributed by atoms with Crippen LogP contribution in [0.2, 0.25) is 5.02 Å². The van der Waals surface area contributed by atoms with Crippen molar-refractivity contribution in [1.82, 2.24) is 15.2 Å². The van der Waals surface area contributed by atoms with E-state index in [0.29, 0.717) is 17.6 Å². The van der Waals surface area contributed by atoms with Crippen LogP contribution in [0.15, 0.2) is 70.7 Å². The summed E-state index contributed by atoms with van der Waals surface area (Å²) in [5.74, 6) is -0.871. The molecule has 0 fully saturated rings. The van der Waals surface area contributed by atoms with Gasteiger partial charge in [0.05, 0.1) is 21.0 Å². The molecule has 0 saturated carbocycles. The fourth-order valence-corrected chi connectivity index (χ4v) is 4.82. The molecule has 0 unspecified atom stereocenters. The van der Waals surface area contributed by atoms with Gasteiger partial charge in [-0.3, -0.25) is 9.89 Å². The predicted molar refractivity (Wildman–Crippen MR) is 110 cm³/mol. The Kier molecular flexibility index (Phi) is 5.36. The highest BCUT2D eigenvalue weighted by Crippen LogP contribution is 2.29. The zero-order valence-corrected chi connectivity index (χ0v) is 17.0. The molecule has 4 aromatic rings. The number of sulfone groups is 1. The molecule has 6 nitrogen and oxygen atoms in total. The number of carbonyl (C=O) groups excluding carboxylic acids is 1. The van der Waals surface area contributed by atoms with Crippen molar-refractivity contribution in [1.29, 1.82) is 0 Å². The second-order valence-corrected chi connectivity index (χ2v) is 8.95. The monoisotopic (exact) mass is 443 g/mol. The molecular formula is C21H15ClFN3O3S. The van der Waals surface area contributed by atoms with Crippen LogP contribution < -0.4 is 0 Å². The number of fused-ring (bicyclic) bond motifs is 1. The van der Waals surface area contributed by atoms with E-state index in [1.807, 2.05) is 0 Å². The molecule has 4 rings (SSSR count). The molecule has 0 spiro atoms. The minimum absolute atomic E-state index is 0.000291. The van der Waals surface area contributed by atoms with Gasteiger partial charge in [0.15, 0.2) is 11.4 Å². The fraction of sp³-hybridized carbons (Fsp3) is 0.0952. The normalized spacial score (nSPS) is 11.7. The number of nitrogens with zero attached hydrogens (tertiary/aromatic N) is 2. The lowest BCUT2D eigenvalue weighted by atomic mass is 10.0. The van der Waals surface area contributed by atoms with E-state index in [0.717, 1.165) is 17.0 Å². The van der Waals surface area contributed by atoms with Crippen LogP contribution in [0, 0.1) is 5.82 Å². The zero-order chi connectivity index (χ0) is 21.3. The molecule has 2 aromatic carbocycles. The summed E-state index contributed by atoms with van der Waals surface area (Å²) >= 11 is 5.83. The molecule has 0 aliphatic carbocycles. The summed E-state index contributed by atoms with van der Waals surface area (Å²) in [6.07, 6.45) is 3.78. The van der Waals surface area contributed by atoms with Gasteiger partial charge in [-0.1, -0.05) is 29.8 Å². The minimum atomic E-state index is -3.95. The first kappa shape index (κ1) is 20.2. The molecule has 30 heavy (non-hydrogen) atoms. The topological polar surface area (TPSA) is 92.8 Å². The van der Waals surface area contributed by atoms with Gasteiger partial charge >= 0.3 is 0 Å². The first-order valence-electron chi connectivity index (χ1n) is 8.96. The van der Waals surface area contributed by atoms with Gasteiger partial charge in [0.1, 0.15) is 5.82 Å². The molecule has 0 saturated heterocycles. The van der Waals surface area contributed by atoms with Crippen LogP contribution in [-0.4, -0.2) is 29.4 Å². The number of Topliss-reactive ketones (excluding diaryl/α,β-unsaturated/α-hetero) is 1. The average molecular weight is 444 g/mol. The van der Waals surface area contributed by atoms with E-state index in [-0.39, 0.29) is 22.0 Å². The number of hydrogen-bond acceptors (Lipinski definition) is 5. The number of hydrogen-bond donors (Lipinski definition) is 1. The van der Waals surface area contributed by atoms with E-state index in [1.54, 1.807) is 24.4 Å². The Bertz CT molecular complexity index is 1350. The maximum absolute atomic E-state index is 13.6. The number of aromatic nitrogens is 3. The van der Waals surface area contributed by atoms with E-state index in [2.05, 4.69) is 15.2 Å². The summed E-state index contributed by atoms with van der Waals surface area (Å²) in [5, 5.41) is 6.93. The second-order valence-electron chi connectivity index (χ2n) is 6.65. The Balaban J connectivity index is 1.48. The molecule has 9 heteroatoms. The van der Waals surface area contributed by atoms with E-state index in [1.165, 1.54) is 30.5 Å². The highest BCUT2D eigenvalue weighted by Gasteiger charge is 2.22. The molecule has 0 aliphatic heterocycles. The van der Waals surface area contributed by atoms with Crippen LogP contribution in [0.4, 0.5) is 4.39 Å². The Morgan fingerprint density at radius 3 is 2.63 bits per heavy atom. The number of aryl methyl sites for hydroxylation is 1. The molecule has 0 aliphatic rings. The lowest BCUT2D eigenvalue weighted by Gasteiger charge is -2.08. The smallest absolute Gasteiger partial charge is 0.208 e. The van der Waals surface area contributed by atoms with Gasteiger partial charge in [-0.05, 0) is 42.3 Å². The maximum atomic E-state index is 13.6. The molecular weight excluding hydrogens is 429 g/mol. The van der Waals surface area contributed by atoms with Crippen molar-refractivity contribution in [3.05, 3.63) is 82.9 Å². The predicted octanol–water partition coefficient (Wildman–Crippen LogP) is 4.40. The zero-order valence-electron chi connectivity index (χ0n) is 15.5. The lowest BCUT2D eigenvalue weighted by Crippen LogP contribution is -2.05. The molecule has 0 atom stereocenters. The number of ketones is 1. The van der Waals surface area contributed by atoms with Gasteiger partial charge in [0, 0.05) is 23.6 Å². The van der Waals surface area contributed by atoms with Crippen LogP contribution in [0.25, 0.3) is 11.0 Å². The third kappa shape index (κ3) is 3.83. The van der Waals surface area contributed by atoms with Crippen molar-refractivity contribution in [2.45, 2.75) is 22.6 Å². The van der Waals surface area contributed by atoms with Crippen molar-refractivity contribution in [2.75, 3.05) is 0 Å². The minimum Gasteiger partial charge on any atom is -0.294 e. The van der Waals surface area contributed by atoms with Crippen molar-refractivity contribution in [2.24, 2.45) is 0 Å². The molecule has 2 heterocycles. The summed E-state index contributed by atoms with van der Waals surface area (Å²) in [5.41, 5.74) is 1.90. The van der Waals surface area contributed by atoms with Crippen molar-refractivity contribution in [3.63, 3.8) is 0 Å². The maximum Gasteiger partial charge on any atom is 0.208 e. The SMILES string of the molecule is O=C(CCc1ccc(S(=O)(=O)c2cccc(F)c2Cl)cc1)c1cnc2[nH]ncc2c1. The van der Waals surface area contributed by atoms with Crippen LogP contribution >= 0.6 is 11.6 Å². The van der Waals surface area contributed by atoms with Gasteiger partial charge < -0.3 is 0 Å². The quantitative estimate of drug-likeness (QED) is 0.446. The van der Waals surface area contributed by atoms with Gasteiger partial charge in [-0.15, -0.1) is 0 Å². The number of benzene rings is 2. The summed E-state index contributed by atoms with van der Waals surface area (Å²) in [4.78, 5) is 16.3. The molecule has 0 amide bonds. The van der Waals surface area contributed by atoms with Crippen molar-refractivity contribution in [3.8, 4) is 0 Å². The Hall–Kier alpha value is -3.10. The number of rotatable bonds is 6. The average Bonchev–Trinajstić information content (AvgIpc) is 3.22. The van der Waals surface area contributed by atoms with Gasteiger partial charge in [0.25, 0.3) is 0 Å². The molecule has 0 bridgehead atoms. The Morgan fingerprint density at radius 2 is 1.87 bits per heavy atom. The molecule has 0 radical (unpaired) electrons. The first-order chi connectivity index (χ1) is 14.4. The number of pyridine rings is 1. The highest BCUT2D eigenvalue weighted by atomic mass is 35.5. The van der Waals surface area contributed by atoms with Crippen LogP contribution in [-0.2, 0) is 16.3 Å². The fourth-order valence-electron chi connectivity index (χ4n) is 3.05. The van der Waals surface area contributed by atoms with Crippen molar-refractivity contribution >= 4 is 38.3 Å². The van der Waals surface area contributed by atoms with Crippen molar-refractivity contribution < 1.29 is 17.6 Å². The van der Waals surface area contributed by atoms with Gasteiger partial charge in [-0.2, -0.15) is 5.10 Å². The van der Waals surface area contributed by atoms with Crippen LogP contribution in [0.1, 0.15) is 22.3 Å². The first-order valence-corrected chi connectivity index (χ1v) is 10.8. The third-order valence-electron chi connectivity index (χ3n) is 4.69. The lowest BCUT2D eigenvalue weighted by molar-refractivity contribution is 0.0982. The molecule has 1 N–H and O–H groups in total. The standard InChI is InChI=1S/C21H15ClFN3O3S/c22-20-17(23)2-1-3-19(20)30(28,29)16-7-4-13(5-8-16)6-9-18(27)14-10-15-12-25-26-21(15)24-11-14/h1-5,7-8,10-12H,6,9H2,(H,24,25,26). The number of H-pyrrole nitrogens is 1. The number of carbonyl (C=O) groups is 1. The third-order valence-corrected chi connectivity index (χ3v) is 7.00. The van der Waals surface area contributed by atoms with E-state index in [9.17, 15) is 17.6 Å². The van der Waals surface area contributed by atoms with E-state index >= 15 is 0 Å². The number of nitrogens with one attached hydrogen (secondary N) is 1. The highest BCUT2D eigenvalue weighted by molar-refractivity contribution is 7.91. The van der Waals surface area contributed by atoms with Crippen LogP contribution in [0.3, 0.4) is 0 Å². The van der Waals surface area contributed by atoms with Gasteiger partial charge in [-0.25, -0.2) is 17.8 Å². The summed E-state index contributed by atoms with van der Waals surface area (Å²) in [6.45, 7) is 0. The summed E-state index contributed by atoms with van der Waals surface area (Å²) in [6, 6.07) is 11.5. The van der Waals surface area contributed by atoms with Crippen LogP contribution in [0.5, 0.6) is 0 Å². The molecule has 2 aromatic heterocycles. The summed E-state index contributed by atoms with van der Waals surface area (Å²) in [7, 11) is -3.95. The number of aromatic amines is 1. The second kappa shape index (κ2) is 7.97. The van der Waals surface area contributed by atoms with E-state index in [4.69, 9.17) is 11.6 Å². The summed E-state index contributed by atoms with van der Waals surface area (Å²) < 4.78 is 39.1. The Morgan fingerprint density at radius 1 is 1.10 bits per heavy atom. The largest absolute Gasteiger partial charge is 0.294 e. The van der Waals surface area contributed by atoms with Gasteiger partial charge in [0.2, 0.25) is 9.84 Å². The Labute approximate surface area is 176 Å². The molecule has 152 valence electrons. The van der Waals surface area contributed by atoms with E-state index < -0.39 is 20.7 Å². The number of halogens is 2.